The van der Waals surface area contributed by atoms with Crippen LogP contribution in [-0.2, 0) is 0 Å². The number of nitrogens with zero attached hydrogens (tertiary/aromatic N) is 6. The van der Waals surface area contributed by atoms with Crippen LogP contribution in [0.5, 0.6) is 0 Å². The summed E-state index contributed by atoms with van der Waals surface area (Å²) in [5.41, 5.74) is 0.686. The van der Waals surface area contributed by atoms with Crippen LogP contribution >= 0.6 is 0 Å². The van der Waals surface area contributed by atoms with Gasteiger partial charge in [0.2, 0.25) is 0 Å². The molecule has 0 unspecified atom stereocenters. The summed E-state index contributed by atoms with van der Waals surface area (Å²) in [5, 5.41) is 15.5. The van der Waals surface area contributed by atoms with E-state index in [1.165, 1.54) is 11.1 Å². The summed E-state index contributed by atoms with van der Waals surface area (Å²) in [7, 11) is 0. The van der Waals surface area contributed by atoms with Crippen molar-refractivity contribution in [3.05, 3.63) is 12.1 Å². The van der Waals surface area contributed by atoms with Crippen LogP contribution in [-0.4, -0.2) is 38.3 Å². The fraction of sp³-hybridized carbons (Fsp3) is 0.556. The van der Waals surface area contributed by atoms with Crippen molar-refractivity contribution in [3.8, 4) is 0 Å². The smallest absolute Gasteiger partial charge is 0.200 e. The van der Waals surface area contributed by atoms with Gasteiger partial charge in [-0.05, 0) is 34.9 Å². The van der Waals surface area contributed by atoms with E-state index in [0.717, 1.165) is 24.8 Å². The lowest BCUT2D eigenvalue weighted by molar-refractivity contribution is 0.656. The molecule has 6 heteroatoms. The molecule has 6 nitrogen and oxygen atoms in total. The zero-order chi connectivity index (χ0) is 10.3. The van der Waals surface area contributed by atoms with E-state index in [0.29, 0.717) is 5.65 Å². The Balaban J connectivity index is 1.97. The number of hydrogen-bond donors (Lipinski definition) is 0. The summed E-state index contributed by atoms with van der Waals surface area (Å²) >= 11 is 0. The Hall–Kier alpha value is -1.72. The van der Waals surface area contributed by atoms with E-state index >= 15 is 0 Å². The van der Waals surface area contributed by atoms with Crippen LogP contribution in [0.4, 0.5) is 5.82 Å². The van der Waals surface area contributed by atoms with Crippen molar-refractivity contribution in [2.75, 3.05) is 18.0 Å². The molecule has 3 rings (SSSR count). The third-order valence-electron chi connectivity index (χ3n) is 2.80. The average Bonchev–Trinajstić information content (AvgIpc) is 2.84. The first-order valence-corrected chi connectivity index (χ1v) is 5.13. The highest BCUT2D eigenvalue weighted by Gasteiger charge is 2.20. The quantitative estimate of drug-likeness (QED) is 0.671. The summed E-state index contributed by atoms with van der Waals surface area (Å²) in [6.07, 6.45) is 1.23. The van der Waals surface area contributed by atoms with Crippen LogP contribution in [0.15, 0.2) is 12.1 Å². The Morgan fingerprint density at radius 1 is 1.40 bits per heavy atom. The van der Waals surface area contributed by atoms with Crippen LogP contribution in [0.1, 0.15) is 13.3 Å². The second kappa shape index (κ2) is 3.15. The number of anilines is 1. The van der Waals surface area contributed by atoms with Gasteiger partial charge in [-0.1, -0.05) is 6.92 Å². The van der Waals surface area contributed by atoms with E-state index < -0.39 is 0 Å². The monoisotopic (exact) mass is 204 g/mol. The highest BCUT2D eigenvalue weighted by Crippen LogP contribution is 2.20. The molecule has 1 saturated heterocycles. The lowest BCUT2D eigenvalue weighted by Crippen LogP contribution is -2.21. The highest BCUT2D eigenvalue weighted by molar-refractivity contribution is 5.44. The number of aromatic nitrogens is 5. The SMILES string of the molecule is C[C@@H]1CCN(c2ccc3nnnn3n2)C1. The fourth-order valence-electron chi connectivity index (χ4n) is 1.95. The van der Waals surface area contributed by atoms with E-state index in [2.05, 4.69) is 32.4 Å². The van der Waals surface area contributed by atoms with Gasteiger partial charge in [0, 0.05) is 13.1 Å². The van der Waals surface area contributed by atoms with E-state index in [9.17, 15) is 0 Å². The Bertz CT molecular complexity index is 478. The van der Waals surface area contributed by atoms with Crippen LogP contribution in [0.2, 0.25) is 0 Å². The average molecular weight is 204 g/mol. The molecule has 0 aromatic carbocycles. The minimum Gasteiger partial charge on any atom is -0.355 e. The zero-order valence-corrected chi connectivity index (χ0v) is 8.54. The van der Waals surface area contributed by atoms with Gasteiger partial charge in [0.15, 0.2) is 11.5 Å². The van der Waals surface area contributed by atoms with Crippen LogP contribution in [0.3, 0.4) is 0 Å². The molecular formula is C9H12N6. The second-order valence-electron chi connectivity index (χ2n) is 4.06. The lowest BCUT2D eigenvalue weighted by Gasteiger charge is -2.15. The third kappa shape index (κ3) is 1.42. The molecular weight excluding hydrogens is 192 g/mol. The Labute approximate surface area is 86.9 Å². The fourth-order valence-corrected chi connectivity index (χ4v) is 1.95. The first-order chi connectivity index (χ1) is 7.33. The van der Waals surface area contributed by atoms with Gasteiger partial charge in [-0.3, -0.25) is 0 Å². The highest BCUT2D eigenvalue weighted by atomic mass is 15.6. The molecule has 2 aromatic rings. The largest absolute Gasteiger partial charge is 0.355 e. The standard InChI is InChI=1S/C9H12N6/c1-7-4-5-14(6-7)9-3-2-8-10-12-13-15(8)11-9/h2-3,7H,4-6H2,1H3/t7-/m1/s1. The van der Waals surface area contributed by atoms with Crippen LogP contribution < -0.4 is 4.90 Å². The molecule has 2 aromatic heterocycles. The van der Waals surface area contributed by atoms with E-state index in [1.807, 2.05) is 12.1 Å². The Kier molecular flexibility index (Phi) is 1.80. The van der Waals surface area contributed by atoms with E-state index in [4.69, 9.17) is 0 Å². The van der Waals surface area contributed by atoms with E-state index in [1.54, 1.807) is 0 Å². The maximum Gasteiger partial charge on any atom is 0.200 e. The lowest BCUT2D eigenvalue weighted by atomic mass is 10.2. The number of rotatable bonds is 1. The summed E-state index contributed by atoms with van der Waals surface area (Å²) in [5.74, 6) is 1.70. The molecule has 1 atom stereocenters. The summed E-state index contributed by atoms with van der Waals surface area (Å²) in [6, 6.07) is 3.87. The summed E-state index contributed by atoms with van der Waals surface area (Å²) < 4.78 is 1.47. The van der Waals surface area contributed by atoms with Crippen LogP contribution in [0.25, 0.3) is 5.65 Å². The number of fused-ring (bicyclic) bond motifs is 1. The van der Waals surface area contributed by atoms with Crippen molar-refractivity contribution >= 4 is 11.5 Å². The molecule has 0 bridgehead atoms. The summed E-state index contributed by atoms with van der Waals surface area (Å²) in [6.45, 7) is 4.40. The van der Waals surface area contributed by atoms with Gasteiger partial charge in [0.1, 0.15) is 0 Å². The zero-order valence-electron chi connectivity index (χ0n) is 8.54. The van der Waals surface area contributed by atoms with Gasteiger partial charge < -0.3 is 4.90 Å². The first-order valence-electron chi connectivity index (χ1n) is 5.13. The number of hydrogen-bond acceptors (Lipinski definition) is 5. The predicted octanol–water partition coefficient (Wildman–Crippen LogP) is 0.365. The maximum atomic E-state index is 4.36. The van der Waals surface area contributed by atoms with E-state index in [-0.39, 0.29) is 0 Å². The molecule has 0 saturated carbocycles. The third-order valence-corrected chi connectivity index (χ3v) is 2.80. The van der Waals surface area contributed by atoms with Gasteiger partial charge >= 0.3 is 0 Å². The maximum absolute atomic E-state index is 4.36. The molecule has 0 N–H and O–H groups in total. The molecule has 0 spiro atoms. The molecule has 3 heterocycles. The van der Waals surface area contributed by atoms with Gasteiger partial charge in [-0.25, -0.2) is 0 Å². The molecule has 1 fully saturated rings. The molecule has 1 aliphatic rings. The van der Waals surface area contributed by atoms with Gasteiger partial charge in [0.05, 0.1) is 0 Å². The van der Waals surface area contributed by atoms with Gasteiger partial charge in [-0.15, -0.1) is 14.8 Å². The van der Waals surface area contributed by atoms with Crippen molar-refractivity contribution in [2.24, 2.45) is 5.92 Å². The van der Waals surface area contributed by atoms with Crippen molar-refractivity contribution in [1.82, 2.24) is 25.3 Å². The normalized spacial score (nSPS) is 21.4. The predicted molar refractivity (Wildman–Crippen MR) is 54.6 cm³/mol. The molecule has 0 radical (unpaired) electrons. The topological polar surface area (TPSA) is 59.2 Å². The number of tetrazole rings is 1. The molecule has 78 valence electrons. The Morgan fingerprint density at radius 2 is 2.33 bits per heavy atom. The molecule has 0 amide bonds. The first kappa shape index (κ1) is 8.58. The second-order valence-corrected chi connectivity index (χ2v) is 4.06. The minimum atomic E-state index is 0.686. The van der Waals surface area contributed by atoms with Crippen molar-refractivity contribution in [3.63, 3.8) is 0 Å². The van der Waals surface area contributed by atoms with Crippen molar-refractivity contribution in [1.29, 1.82) is 0 Å². The molecule has 1 aliphatic heterocycles. The molecule has 15 heavy (non-hydrogen) atoms. The van der Waals surface area contributed by atoms with Gasteiger partial charge in [-0.2, -0.15) is 0 Å². The molecule has 0 aliphatic carbocycles. The Morgan fingerprint density at radius 3 is 3.13 bits per heavy atom. The van der Waals surface area contributed by atoms with Crippen LogP contribution in [0, 0.1) is 5.92 Å². The van der Waals surface area contributed by atoms with Crippen molar-refractivity contribution in [2.45, 2.75) is 13.3 Å². The van der Waals surface area contributed by atoms with Gasteiger partial charge in [0.25, 0.3) is 0 Å². The summed E-state index contributed by atoms with van der Waals surface area (Å²) in [4.78, 5) is 2.27. The minimum absolute atomic E-state index is 0.686. The van der Waals surface area contributed by atoms with Crippen molar-refractivity contribution < 1.29 is 0 Å².